The Bertz CT molecular complexity index is 1090. The molecule has 0 bridgehead atoms. The van der Waals surface area contributed by atoms with E-state index in [1.807, 2.05) is 24.4 Å². The van der Waals surface area contributed by atoms with Crippen LogP contribution in [0.2, 0.25) is 0 Å². The van der Waals surface area contributed by atoms with Crippen molar-refractivity contribution >= 4 is 16.7 Å². The van der Waals surface area contributed by atoms with Crippen molar-refractivity contribution in [3.05, 3.63) is 89.4 Å². The average molecular weight is 354 g/mol. The lowest BCUT2D eigenvalue weighted by Gasteiger charge is -2.36. The Morgan fingerprint density at radius 2 is 1.96 bits per heavy atom. The number of para-hydroxylation sites is 1. The normalized spacial score (nSPS) is 23.1. The minimum Gasteiger partial charge on any atom is -0.359 e. The van der Waals surface area contributed by atoms with Crippen molar-refractivity contribution in [1.82, 2.24) is 15.2 Å². The second kappa shape index (κ2) is 5.95. The van der Waals surface area contributed by atoms with Gasteiger partial charge in [0.15, 0.2) is 5.66 Å². The van der Waals surface area contributed by atoms with Crippen molar-refractivity contribution in [2.75, 3.05) is 7.05 Å². The molecule has 1 aliphatic carbocycles. The maximum absolute atomic E-state index is 5.15. The molecule has 1 aromatic heterocycles. The van der Waals surface area contributed by atoms with Gasteiger partial charge in [-0.3, -0.25) is 4.98 Å². The number of dihydropyridines is 1. The first-order valence-electron chi connectivity index (χ1n) is 9.39. The summed E-state index contributed by atoms with van der Waals surface area (Å²) >= 11 is 0. The second-order valence-corrected chi connectivity index (χ2v) is 7.28. The number of nitrogens with zero attached hydrogens (tertiary/aromatic N) is 3. The van der Waals surface area contributed by atoms with E-state index in [1.165, 1.54) is 22.2 Å². The summed E-state index contributed by atoms with van der Waals surface area (Å²) in [4.78, 5) is 12.2. The number of aromatic nitrogens is 1. The summed E-state index contributed by atoms with van der Waals surface area (Å²) in [6, 6.07) is 12.5. The maximum Gasteiger partial charge on any atom is 0.198 e. The molecule has 2 aromatic rings. The third kappa shape index (κ3) is 2.44. The van der Waals surface area contributed by atoms with Gasteiger partial charge in [0.05, 0.1) is 11.2 Å². The van der Waals surface area contributed by atoms with Crippen LogP contribution in [0.1, 0.15) is 19.0 Å². The largest absolute Gasteiger partial charge is 0.359 e. The molecule has 0 saturated carbocycles. The van der Waals surface area contributed by atoms with Crippen molar-refractivity contribution in [3.8, 4) is 0 Å². The Kier molecular flexibility index (Phi) is 3.54. The number of hydrogen-bond donors (Lipinski definition) is 1. The zero-order valence-electron chi connectivity index (χ0n) is 15.6. The minimum absolute atomic E-state index is 0.464. The lowest BCUT2D eigenvalue weighted by atomic mass is 9.87. The molecular formula is C23H22N4. The van der Waals surface area contributed by atoms with Gasteiger partial charge < -0.3 is 10.2 Å². The van der Waals surface area contributed by atoms with E-state index in [4.69, 9.17) is 9.98 Å². The molecule has 3 aliphatic rings. The number of fused-ring (bicyclic) bond motifs is 1. The van der Waals surface area contributed by atoms with Crippen molar-refractivity contribution in [2.45, 2.75) is 25.4 Å². The molecule has 2 aliphatic heterocycles. The van der Waals surface area contributed by atoms with Gasteiger partial charge in [-0.25, -0.2) is 4.99 Å². The van der Waals surface area contributed by atoms with Crippen LogP contribution < -0.4 is 5.32 Å². The minimum atomic E-state index is -0.464. The lowest BCUT2D eigenvalue weighted by Crippen LogP contribution is -2.46. The molecule has 0 radical (unpaired) electrons. The Hall–Kier alpha value is -3.14. The number of aliphatic imine (C=N–C) groups is 1. The number of aryl methyl sites for hydroxylation is 1. The van der Waals surface area contributed by atoms with Crippen LogP contribution in [0.3, 0.4) is 0 Å². The van der Waals surface area contributed by atoms with E-state index in [0.29, 0.717) is 0 Å². The summed E-state index contributed by atoms with van der Waals surface area (Å²) in [7, 11) is 2.12. The number of hydrogen-bond acceptors (Lipinski definition) is 4. The fourth-order valence-corrected chi connectivity index (χ4v) is 4.25. The first-order chi connectivity index (χ1) is 13.2. The maximum atomic E-state index is 5.15. The molecule has 1 N–H and O–H groups in total. The quantitative estimate of drug-likeness (QED) is 0.902. The first kappa shape index (κ1) is 16.1. The number of allylic oxidation sites excluding steroid dienone is 4. The third-order valence-electron chi connectivity index (χ3n) is 5.59. The molecule has 1 atom stereocenters. The summed E-state index contributed by atoms with van der Waals surface area (Å²) in [5.41, 5.74) is 5.36. The number of nitrogens with one attached hydrogen (secondary N) is 1. The summed E-state index contributed by atoms with van der Waals surface area (Å²) in [6.45, 7) is 2.16. The Morgan fingerprint density at radius 3 is 2.89 bits per heavy atom. The molecule has 4 nitrogen and oxygen atoms in total. The van der Waals surface area contributed by atoms with Gasteiger partial charge in [-0.2, -0.15) is 0 Å². The molecule has 1 spiro atoms. The predicted octanol–water partition coefficient (Wildman–Crippen LogP) is 4.09. The standard InChI is InChI=1S/C23H22N4/c1-16-9-11-18-7-5-15-24-23(18)22(16)27(2)21(26-23)14-13-19-12-10-17-6-3-4-8-20(17)25-19/h3-12,15,24H,13-14H2,1-2H3. The second-order valence-electron chi connectivity index (χ2n) is 7.28. The van der Waals surface area contributed by atoms with Crippen LogP contribution >= 0.6 is 0 Å². The van der Waals surface area contributed by atoms with Gasteiger partial charge in [-0.1, -0.05) is 42.5 Å². The van der Waals surface area contributed by atoms with Crippen LogP contribution in [0.15, 0.2) is 88.7 Å². The molecule has 3 heterocycles. The molecule has 0 amide bonds. The summed E-state index contributed by atoms with van der Waals surface area (Å²) in [5, 5.41) is 4.69. The number of pyridine rings is 1. The fourth-order valence-electron chi connectivity index (χ4n) is 4.25. The Labute approximate surface area is 159 Å². The van der Waals surface area contributed by atoms with Crippen molar-refractivity contribution in [1.29, 1.82) is 0 Å². The molecule has 134 valence electrons. The van der Waals surface area contributed by atoms with E-state index in [0.717, 1.165) is 29.9 Å². The SMILES string of the molecule is CC1=C2N(C)C(CCc3ccc4ccccc4n3)=NC23NC=CC=C3C=C1. The summed E-state index contributed by atoms with van der Waals surface area (Å²) in [5.74, 6) is 1.09. The molecule has 4 heteroatoms. The molecule has 5 rings (SSSR count). The predicted molar refractivity (Wildman–Crippen MR) is 110 cm³/mol. The molecule has 1 unspecified atom stereocenters. The smallest absolute Gasteiger partial charge is 0.198 e. The van der Waals surface area contributed by atoms with E-state index in [1.54, 1.807) is 0 Å². The number of rotatable bonds is 3. The summed E-state index contributed by atoms with van der Waals surface area (Å²) in [6.07, 6.45) is 12.2. The molecule has 1 aromatic carbocycles. The first-order valence-corrected chi connectivity index (χ1v) is 9.39. The van der Waals surface area contributed by atoms with Crippen molar-refractivity contribution in [3.63, 3.8) is 0 Å². The Balaban J connectivity index is 1.45. The van der Waals surface area contributed by atoms with Crippen molar-refractivity contribution < 1.29 is 0 Å². The number of benzene rings is 1. The zero-order valence-corrected chi connectivity index (χ0v) is 15.6. The zero-order chi connectivity index (χ0) is 18.4. The molecular weight excluding hydrogens is 332 g/mol. The number of likely N-dealkylation sites (N-methyl/N-ethyl adjacent to an activating group) is 1. The molecule has 27 heavy (non-hydrogen) atoms. The highest BCUT2D eigenvalue weighted by molar-refractivity contribution is 5.89. The molecule has 0 saturated heterocycles. The van der Waals surface area contributed by atoms with E-state index >= 15 is 0 Å². The fraction of sp³-hybridized carbons (Fsp3) is 0.217. The van der Waals surface area contributed by atoms with Crippen molar-refractivity contribution in [2.24, 2.45) is 4.99 Å². The van der Waals surface area contributed by atoms with Gasteiger partial charge >= 0.3 is 0 Å². The van der Waals surface area contributed by atoms with Gasteiger partial charge in [0.2, 0.25) is 0 Å². The van der Waals surface area contributed by atoms with Crippen LogP contribution in [0.5, 0.6) is 0 Å². The summed E-state index contributed by atoms with van der Waals surface area (Å²) < 4.78 is 0. The third-order valence-corrected chi connectivity index (χ3v) is 5.59. The highest BCUT2D eigenvalue weighted by atomic mass is 15.3. The highest BCUT2D eigenvalue weighted by Crippen LogP contribution is 2.42. The van der Waals surface area contributed by atoms with E-state index in [2.05, 4.69) is 66.7 Å². The van der Waals surface area contributed by atoms with E-state index in [9.17, 15) is 0 Å². The van der Waals surface area contributed by atoms with Gasteiger partial charge in [-0.15, -0.1) is 0 Å². The van der Waals surface area contributed by atoms with E-state index in [-0.39, 0.29) is 0 Å². The Morgan fingerprint density at radius 1 is 1.07 bits per heavy atom. The van der Waals surface area contributed by atoms with Gasteiger partial charge in [-0.05, 0) is 43.3 Å². The van der Waals surface area contributed by atoms with Crippen LogP contribution in [0, 0.1) is 0 Å². The molecule has 0 fully saturated rings. The lowest BCUT2D eigenvalue weighted by molar-refractivity contribution is 0.464. The topological polar surface area (TPSA) is 40.5 Å². The highest BCUT2D eigenvalue weighted by Gasteiger charge is 2.47. The van der Waals surface area contributed by atoms with Crippen LogP contribution in [-0.4, -0.2) is 28.4 Å². The van der Waals surface area contributed by atoms with Crippen LogP contribution in [-0.2, 0) is 6.42 Å². The van der Waals surface area contributed by atoms with Crippen LogP contribution in [0.25, 0.3) is 10.9 Å². The monoisotopic (exact) mass is 354 g/mol. The average Bonchev–Trinajstić information content (AvgIpc) is 2.98. The van der Waals surface area contributed by atoms with Gasteiger partial charge in [0, 0.05) is 30.1 Å². The van der Waals surface area contributed by atoms with Crippen LogP contribution in [0.4, 0.5) is 0 Å². The van der Waals surface area contributed by atoms with E-state index < -0.39 is 5.66 Å². The van der Waals surface area contributed by atoms with Gasteiger partial charge in [0.1, 0.15) is 5.84 Å². The number of amidine groups is 1. The van der Waals surface area contributed by atoms with Gasteiger partial charge in [0.25, 0.3) is 0 Å².